The quantitative estimate of drug-likeness (QED) is 0.856. The Hall–Kier alpha value is -2.28. The molecule has 1 aromatic carbocycles. The Morgan fingerprint density at radius 1 is 1.24 bits per heavy atom. The van der Waals surface area contributed by atoms with Gasteiger partial charge in [-0.25, -0.2) is 13.4 Å². The lowest BCUT2D eigenvalue weighted by Gasteiger charge is -2.12. The number of para-hydroxylation sites is 2. The van der Waals surface area contributed by atoms with Crippen LogP contribution in [0.15, 0.2) is 47.5 Å². The standard InChI is InChI=1S/C14H17N3O3S/c1-3-15-14-10-11(8-9-16-14)21(18,19)17-12-6-4-5-7-13(12)20-2/h4-10,17H,3H2,1-2H3,(H,15,16). The fourth-order valence-electron chi connectivity index (χ4n) is 1.79. The van der Waals surface area contributed by atoms with E-state index in [0.717, 1.165) is 0 Å². The van der Waals surface area contributed by atoms with E-state index in [0.29, 0.717) is 23.8 Å². The van der Waals surface area contributed by atoms with Crippen molar-refractivity contribution < 1.29 is 13.2 Å². The minimum absolute atomic E-state index is 0.138. The van der Waals surface area contributed by atoms with E-state index in [1.54, 1.807) is 24.3 Å². The first-order chi connectivity index (χ1) is 10.1. The molecule has 1 heterocycles. The van der Waals surface area contributed by atoms with E-state index in [1.807, 2.05) is 6.92 Å². The molecular weight excluding hydrogens is 290 g/mol. The molecule has 0 aliphatic carbocycles. The van der Waals surface area contributed by atoms with E-state index < -0.39 is 10.0 Å². The molecule has 0 spiro atoms. The van der Waals surface area contributed by atoms with Gasteiger partial charge in [0.05, 0.1) is 17.7 Å². The van der Waals surface area contributed by atoms with Crippen LogP contribution >= 0.6 is 0 Å². The predicted molar refractivity (Wildman–Crippen MR) is 82.2 cm³/mol. The number of hydrogen-bond donors (Lipinski definition) is 2. The van der Waals surface area contributed by atoms with Gasteiger partial charge >= 0.3 is 0 Å². The lowest BCUT2D eigenvalue weighted by atomic mass is 10.3. The van der Waals surface area contributed by atoms with Gasteiger partial charge in [-0.2, -0.15) is 0 Å². The third-order valence-corrected chi connectivity index (χ3v) is 4.11. The molecule has 2 N–H and O–H groups in total. The molecule has 21 heavy (non-hydrogen) atoms. The second-order valence-electron chi connectivity index (χ2n) is 4.21. The van der Waals surface area contributed by atoms with Gasteiger partial charge in [0.2, 0.25) is 0 Å². The van der Waals surface area contributed by atoms with Crippen molar-refractivity contribution in [1.29, 1.82) is 0 Å². The Bertz CT molecular complexity index is 717. The van der Waals surface area contributed by atoms with Crippen molar-refractivity contribution in [2.45, 2.75) is 11.8 Å². The summed E-state index contributed by atoms with van der Waals surface area (Å²) in [4.78, 5) is 4.19. The minimum atomic E-state index is -3.70. The summed E-state index contributed by atoms with van der Waals surface area (Å²) in [5.41, 5.74) is 0.391. The summed E-state index contributed by atoms with van der Waals surface area (Å²) >= 11 is 0. The first-order valence-electron chi connectivity index (χ1n) is 6.42. The second kappa shape index (κ2) is 6.45. The summed E-state index contributed by atoms with van der Waals surface area (Å²) in [6.07, 6.45) is 1.45. The smallest absolute Gasteiger partial charge is 0.262 e. The number of anilines is 2. The summed E-state index contributed by atoms with van der Waals surface area (Å²) in [5, 5.41) is 2.98. The molecule has 0 aliphatic rings. The summed E-state index contributed by atoms with van der Waals surface area (Å²) in [7, 11) is -2.21. The molecule has 0 radical (unpaired) electrons. The van der Waals surface area contributed by atoms with E-state index in [9.17, 15) is 8.42 Å². The Morgan fingerprint density at radius 3 is 2.71 bits per heavy atom. The van der Waals surface area contributed by atoms with Gasteiger partial charge < -0.3 is 10.1 Å². The molecule has 0 aliphatic heterocycles. The van der Waals surface area contributed by atoms with Crippen LogP contribution in [0.4, 0.5) is 11.5 Å². The highest BCUT2D eigenvalue weighted by atomic mass is 32.2. The lowest BCUT2D eigenvalue weighted by molar-refractivity contribution is 0.417. The Morgan fingerprint density at radius 2 is 2.00 bits per heavy atom. The van der Waals surface area contributed by atoms with Gasteiger partial charge in [0.25, 0.3) is 10.0 Å². The fourth-order valence-corrected chi connectivity index (χ4v) is 2.87. The number of nitrogens with one attached hydrogen (secondary N) is 2. The van der Waals surface area contributed by atoms with E-state index in [4.69, 9.17) is 4.74 Å². The minimum Gasteiger partial charge on any atom is -0.495 e. The topological polar surface area (TPSA) is 80.3 Å². The molecule has 0 saturated carbocycles. The number of sulfonamides is 1. The fraction of sp³-hybridized carbons (Fsp3) is 0.214. The number of hydrogen-bond acceptors (Lipinski definition) is 5. The monoisotopic (exact) mass is 307 g/mol. The third-order valence-electron chi connectivity index (χ3n) is 2.75. The summed E-state index contributed by atoms with van der Waals surface area (Å²) in [6.45, 7) is 2.58. The van der Waals surface area contributed by atoms with Gasteiger partial charge in [-0.15, -0.1) is 0 Å². The first kappa shape index (κ1) is 15.1. The summed E-state index contributed by atoms with van der Waals surface area (Å²) < 4.78 is 32.5. The highest BCUT2D eigenvalue weighted by Crippen LogP contribution is 2.26. The number of methoxy groups -OCH3 is 1. The largest absolute Gasteiger partial charge is 0.495 e. The molecule has 2 aromatic rings. The van der Waals surface area contributed by atoms with Crippen LogP contribution < -0.4 is 14.8 Å². The molecule has 0 bridgehead atoms. The molecule has 0 fully saturated rings. The van der Waals surface area contributed by atoms with Crippen molar-refractivity contribution in [3.8, 4) is 5.75 Å². The number of ether oxygens (including phenoxy) is 1. The average molecular weight is 307 g/mol. The van der Waals surface area contributed by atoms with Crippen LogP contribution in [-0.4, -0.2) is 27.1 Å². The van der Waals surface area contributed by atoms with E-state index >= 15 is 0 Å². The van der Waals surface area contributed by atoms with Crippen LogP contribution in [0.25, 0.3) is 0 Å². The maximum atomic E-state index is 12.4. The summed E-state index contributed by atoms with van der Waals surface area (Å²) in [5.74, 6) is 0.974. The van der Waals surface area contributed by atoms with Crippen molar-refractivity contribution >= 4 is 21.5 Å². The van der Waals surface area contributed by atoms with E-state index in [2.05, 4.69) is 15.0 Å². The molecule has 1 aromatic heterocycles. The van der Waals surface area contributed by atoms with Crippen LogP contribution in [0, 0.1) is 0 Å². The van der Waals surface area contributed by atoms with Crippen molar-refractivity contribution in [1.82, 2.24) is 4.98 Å². The van der Waals surface area contributed by atoms with Gasteiger partial charge in [0.1, 0.15) is 11.6 Å². The zero-order valence-electron chi connectivity index (χ0n) is 11.8. The van der Waals surface area contributed by atoms with Gasteiger partial charge in [0, 0.05) is 18.8 Å². The molecular formula is C14H17N3O3S. The van der Waals surface area contributed by atoms with Crippen LogP contribution in [0.1, 0.15) is 6.92 Å². The second-order valence-corrected chi connectivity index (χ2v) is 5.90. The van der Waals surface area contributed by atoms with Crippen LogP contribution in [-0.2, 0) is 10.0 Å². The normalized spacial score (nSPS) is 11.0. The summed E-state index contributed by atoms with van der Waals surface area (Å²) in [6, 6.07) is 9.76. The molecule has 0 saturated heterocycles. The van der Waals surface area contributed by atoms with Crippen molar-refractivity contribution in [2.24, 2.45) is 0 Å². The Kier molecular flexibility index (Phi) is 4.64. The number of benzene rings is 1. The van der Waals surface area contributed by atoms with Gasteiger partial charge in [0.15, 0.2) is 0 Å². The van der Waals surface area contributed by atoms with Crippen LogP contribution in [0.2, 0.25) is 0 Å². The molecule has 0 amide bonds. The highest BCUT2D eigenvalue weighted by Gasteiger charge is 2.17. The zero-order chi connectivity index (χ0) is 15.3. The van der Waals surface area contributed by atoms with Gasteiger partial charge in [-0.05, 0) is 25.1 Å². The van der Waals surface area contributed by atoms with Gasteiger partial charge in [-0.3, -0.25) is 4.72 Å². The maximum absolute atomic E-state index is 12.4. The van der Waals surface area contributed by atoms with Crippen molar-refractivity contribution in [2.75, 3.05) is 23.7 Å². The highest BCUT2D eigenvalue weighted by molar-refractivity contribution is 7.92. The van der Waals surface area contributed by atoms with Crippen LogP contribution in [0.3, 0.4) is 0 Å². The molecule has 2 rings (SSSR count). The SMILES string of the molecule is CCNc1cc(S(=O)(=O)Nc2ccccc2OC)ccn1. The zero-order valence-corrected chi connectivity index (χ0v) is 12.6. The van der Waals surface area contributed by atoms with Crippen LogP contribution in [0.5, 0.6) is 5.75 Å². The third kappa shape index (κ3) is 3.63. The average Bonchev–Trinajstić information content (AvgIpc) is 2.48. The number of aromatic nitrogens is 1. The molecule has 0 unspecified atom stereocenters. The maximum Gasteiger partial charge on any atom is 0.262 e. The number of pyridine rings is 1. The number of nitrogens with zero attached hydrogens (tertiary/aromatic N) is 1. The molecule has 7 heteroatoms. The predicted octanol–water partition coefficient (Wildman–Crippen LogP) is 2.32. The molecule has 6 nitrogen and oxygen atoms in total. The van der Waals surface area contributed by atoms with E-state index in [-0.39, 0.29) is 4.90 Å². The molecule has 112 valence electrons. The van der Waals surface area contributed by atoms with E-state index in [1.165, 1.54) is 25.4 Å². The first-order valence-corrected chi connectivity index (χ1v) is 7.91. The van der Waals surface area contributed by atoms with Crippen molar-refractivity contribution in [3.63, 3.8) is 0 Å². The Balaban J connectivity index is 2.32. The molecule has 0 atom stereocenters. The van der Waals surface area contributed by atoms with Crippen molar-refractivity contribution in [3.05, 3.63) is 42.6 Å². The Labute approximate surface area is 124 Å². The lowest BCUT2D eigenvalue weighted by Crippen LogP contribution is -2.14. The van der Waals surface area contributed by atoms with Gasteiger partial charge in [-0.1, -0.05) is 12.1 Å². The number of rotatable bonds is 6.